The fraction of sp³-hybridized carbons (Fsp3) is 0.438. The van der Waals surface area contributed by atoms with Gasteiger partial charge in [0, 0.05) is 18.5 Å². The van der Waals surface area contributed by atoms with Gasteiger partial charge in [-0.3, -0.25) is 0 Å². The van der Waals surface area contributed by atoms with E-state index in [0.717, 1.165) is 0 Å². The van der Waals surface area contributed by atoms with Gasteiger partial charge < -0.3 is 19.6 Å². The minimum atomic E-state index is -0.971. The first-order valence-electron chi connectivity index (χ1n) is 7.03. The molecule has 2 rings (SSSR count). The zero-order chi connectivity index (χ0) is 15.5. The number of carboxylic acid groups (broad SMARTS) is 1. The second-order valence-corrected chi connectivity index (χ2v) is 5.50. The average Bonchev–Trinajstić information content (AvgIpc) is 2.76. The van der Waals surface area contributed by atoms with Crippen molar-refractivity contribution in [2.45, 2.75) is 32.9 Å². The van der Waals surface area contributed by atoms with Crippen molar-refractivity contribution in [2.75, 3.05) is 13.2 Å². The second kappa shape index (κ2) is 6.28. The predicted octanol–water partition coefficient (Wildman–Crippen LogP) is 3.04. The second-order valence-electron chi connectivity index (χ2n) is 5.50. The van der Waals surface area contributed by atoms with Crippen molar-refractivity contribution in [1.82, 2.24) is 5.32 Å². The van der Waals surface area contributed by atoms with Gasteiger partial charge in [0.05, 0.1) is 12.1 Å². The summed E-state index contributed by atoms with van der Waals surface area (Å²) in [5.41, 5.74) is 0.521. The van der Waals surface area contributed by atoms with Gasteiger partial charge in [0.15, 0.2) is 0 Å². The number of carbonyl (C=O) groups is 1. The van der Waals surface area contributed by atoms with Crippen LogP contribution in [0.15, 0.2) is 28.7 Å². The molecule has 0 bridgehead atoms. The summed E-state index contributed by atoms with van der Waals surface area (Å²) in [4.78, 5) is 11.4. The van der Waals surface area contributed by atoms with E-state index in [-0.39, 0.29) is 11.2 Å². The highest BCUT2D eigenvalue weighted by molar-refractivity contribution is 6.03. The summed E-state index contributed by atoms with van der Waals surface area (Å²) in [6, 6.07) is 7.16. The Morgan fingerprint density at radius 1 is 1.38 bits per heavy atom. The quantitative estimate of drug-likeness (QED) is 0.820. The van der Waals surface area contributed by atoms with Crippen molar-refractivity contribution in [3.05, 3.63) is 35.6 Å². The third kappa shape index (κ3) is 3.62. The Labute approximate surface area is 123 Å². The Kier molecular flexibility index (Phi) is 4.65. The van der Waals surface area contributed by atoms with Gasteiger partial charge in [-0.05, 0) is 26.8 Å². The molecule has 2 N–H and O–H groups in total. The molecule has 21 heavy (non-hydrogen) atoms. The number of hydrogen-bond acceptors (Lipinski definition) is 4. The summed E-state index contributed by atoms with van der Waals surface area (Å²) >= 11 is 0. The molecule has 0 spiro atoms. The number of fused-ring (bicyclic) bond motifs is 1. The molecule has 1 aromatic carbocycles. The van der Waals surface area contributed by atoms with Gasteiger partial charge in [-0.25, -0.2) is 4.79 Å². The van der Waals surface area contributed by atoms with Crippen LogP contribution in [0.2, 0.25) is 0 Å². The highest BCUT2D eigenvalue weighted by Crippen LogP contribution is 2.25. The molecule has 0 fully saturated rings. The number of furan rings is 1. The lowest BCUT2D eigenvalue weighted by atomic mass is 10.1. The number of nitrogens with one attached hydrogen (secondary N) is 1. The Morgan fingerprint density at radius 2 is 2.10 bits per heavy atom. The van der Waals surface area contributed by atoms with Crippen LogP contribution in [0.4, 0.5) is 0 Å². The summed E-state index contributed by atoms with van der Waals surface area (Å²) in [7, 11) is 0. The summed E-state index contributed by atoms with van der Waals surface area (Å²) < 4.78 is 11.2. The normalized spacial score (nSPS) is 12.0. The number of hydrogen-bond donors (Lipinski definition) is 2. The Morgan fingerprint density at radius 3 is 2.76 bits per heavy atom. The van der Waals surface area contributed by atoms with E-state index in [9.17, 15) is 9.90 Å². The van der Waals surface area contributed by atoms with E-state index in [1.165, 1.54) is 0 Å². The molecule has 0 amide bonds. The lowest BCUT2D eigenvalue weighted by molar-refractivity contribution is -0.00918. The largest absolute Gasteiger partial charge is 0.478 e. The van der Waals surface area contributed by atoms with Crippen LogP contribution in [-0.4, -0.2) is 29.8 Å². The number of carboxylic acids is 1. The molecule has 0 saturated carbocycles. The van der Waals surface area contributed by atoms with Crippen molar-refractivity contribution in [1.29, 1.82) is 0 Å². The Balaban J connectivity index is 2.15. The maximum atomic E-state index is 11.4. The summed E-state index contributed by atoms with van der Waals surface area (Å²) in [6.45, 7) is 7.52. The van der Waals surface area contributed by atoms with E-state index in [1.807, 2.05) is 26.8 Å². The lowest BCUT2D eigenvalue weighted by Gasteiger charge is -2.24. The smallest absolute Gasteiger partial charge is 0.339 e. The van der Waals surface area contributed by atoms with Gasteiger partial charge in [0.2, 0.25) is 0 Å². The average molecular weight is 291 g/mol. The SMILES string of the molecule is CCOC(C)(C)CNCc1oc2ccccc2c1C(=O)O. The number of aromatic carboxylic acids is 1. The molecule has 5 heteroatoms. The molecule has 2 aromatic rings. The molecule has 1 aromatic heterocycles. The molecule has 5 nitrogen and oxygen atoms in total. The molecule has 114 valence electrons. The van der Waals surface area contributed by atoms with Gasteiger partial charge >= 0.3 is 5.97 Å². The maximum absolute atomic E-state index is 11.4. The van der Waals surface area contributed by atoms with E-state index in [4.69, 9.17) is 9.15 Å². The molecule has 0 aliphatic rings. The number of ether oxygens (including phenoxy) is 1. The molecule has 0 unspecified atom stereocenters. The summed E-state index contributed by atoms with van der Waals surface area (Å²) in [6.07, 6.45) is 0. The Bertz CT molecular complexity index is 630. The molecule has 0 aliphatic carbocycles. The molecule has 0 atom stereocenters. The van der Waals surface area contributed by atoms with Crippen molar-refractivity contribution in [3.8, 4) is 0 Å². The number of rotatable bonds is 7. The van der Waals surface area contributed by atoms with E-state index >= 15 is 0 Å². The summed E-state index contributed by atoms with van der Waals surface area (Å²) in [5, 5.41) is 13.2. The molecule has 0 aliphatic heterocycles. The third-order valence-corrected chi connectivity index (χ3v) is 3.25. The van der Waals surface area contributed by atoms with Crippen LogP contribution in [0.25, 0.3) is 11.0 Å². The highest BCUT2D eigenvalue weighted by Gasteiger charge is 2.21. The van der Waals surface area contributed by atoms with Crippen molar-refractivity contribution < 1.29 is 19.1 Å². The summed E-state index contributed by atoms with van der Waals surface area (Å²) in [5.74, 6) is -0.531. The Hall–Kier alpha value is -1.85. The predicted molar refractivity (Wildman–Crippen MR) is 80.6 cm³/mol. The van der Waals surface area contributed by atoms with Gasteiger partial charge in [0.25, 0.3) is 0 Å². The van der Waals surface area contributed by atoms with Crippen LogP contribution in [0.5, 0.6) is 0 Å². The van der Waals surface area contributed by atoms with E-state index in [2.05, 4.69) is 5.32 Å². The molecule has 1 heterocycles. The standard InChI is InChI=1S/C16H21NO4/c1-4-20-16(2,3)10-17-9-13-14(15(18)19)11-7-5-6-8-12(11)21-13/h5-8,17H,4,9-10H2,1-3H3,(H,18,19). The van der Waals surface area contributed by atoms with Crippen molar-refractivity contribution in [3.63, 3.8) is 0 Å². The lowest BCUT2D eigenvalue weighted by Crippen LogP contribution is -2.37. The maximum Gasteiger partial charge on any atom is 0.339 e. The van der Waals surface area contributed by atoms with Crippen molar-refractivity contribution in [2.24, 2.45) is 0 Å². The molecular formula is C16H21NO4. The highest BCUT2D eigenvalue weighted by atomic mass is 16.5. The minimum absolute atomic E-state index is 0.229. The molecule has 0 radical (unpaired) electrons. The van der Waals surface area contributed by atoms with Crippen molar-refractivity contribution >= 4 is 16.9 Å². The zero-order valence-corrected chi connectivity index (χ0v) is 12.6. The zero-order valence-electron chi connectivity index (χ0n) is 12.6. The van der Waals surface area contributed by atoms with Crippen LogP contribution < -0.4 is 5.32 Å². The minimum Gasteiger partial charge on any atom is -0.478 e. The van der Waals surface area contributed by atoms with Gasteiger partial charge in [-0.15, -0.1) is 0 Å². The first kappa shape index (κ1) is 15.5. The van der Waals surface area contributed by atoms with Crippen LogP contribution >= 0.6 is 0 Å². The molecular weight excluding hydrogens is 270 g/mol. The number of benzene rings is 1. The topological polar surface area (TPSA) is 71.7 Å². The van der Waals surface area contributed by atoms with E-state index < -0.39 is 5.97 Å². The first-order valence-corrected chi connectivity index (χ1v) is 7.03. The molecule has 0 saturated heterocycles. The van der Waals surface area contributed by atoms with Gasteiger partial charge in [-0.2, -0.15) is 0 Å². The fourth-order valence-corrected chi connectivity index (χ4v) is 2.37. The van der Waals surface area contributed by atoms with E-state index in [0.29, 0.717) is 36.4 Å². The monoisotopic (exact) mass is 291 g/mol. The van der Waals surface area contributed by atoms with Crippen LogP contribution in [0.3, 0.4) is 0 Å². The number of para-hydroxylation sites is 1. The van der Waals surface area contributed by atoms with Crippen LogP contribution in [-0.2, 0) is 11.3 Å². The fourth-order valence-electron chi connectivity index (χ4n) is 2.37. The third-order valence-electron chi connectivity index (χ3n) is 3.25. The van der Waals surface area contributed by atoms with Crippen LogP contribution in [0.1, 0.15) is 36.9 Å². The van der Waals surface area contributed by atoms with E-state index in [1.54, 1.807) is 18.2 Å². The van der Waals surface area contributed by atoms with Crippen LogP contribution in [0, 0.1) is 0 Å². The van der Waals surface area contributed by atoms with Gasteiger partial charge in [0.1, 0.15) is 16.9 Å². The first-order chi connectivity index (χ1) is 9.94. The van der Waals surface area contributed by atoms with Gasteiger partial charge in [-0.1, -0.05) is 18.2 Å².